The summed E-state index contributed by atoms with van der Waals surface area (Å²) in [6.07, 6.45) is 2.28. The predicted molar refractivity (Wildman–Crippen MR) is 79.0 cm³/mol. The van der Waals surface area contributed by atoms with E-state index < -0.39 is 0 Å². The lowest BCUT2D eigenvalue weighted by atomic mass is 10.1. The summed E-state index contributed by atoms with van der Waals surface area (Å²) < 4.78 is 0. The van der Waals surface area contributed by atoms with Gasteiger partial charge < -0.3 is 5.32 Å². The van der Waals surface area contributed by atoms with Crippen molar-refractivity contribution in [2.45, 2.75) is 26.7 Å². The molecule has 2 rings (SSSR count). The van der Waals surface area contributed by atoms with Gasteiger partial charge in [0.05, 0.1) is 11.1 Å². The SMILES string of the molecule is CC(C)CCCNc1nc2ccccc2cc1C#N. The highest BCUT2D eigenvalue weighted by molar-refractivity contribution is 5.82. The van der Waals surface area contributed by atoms with Crippen molar-refractivity contribution >= 4 is 16.7 Å². The molecule has 3 nitrogen and oxygen atoms in total. The van der Waals surface area contributed by atoms with E-state index in [-0.39, 0.29) is 0 Å². The van der Waals surface area contributed by atoms with E-state index in [2.05, 4.69) is 30.2 Å². The Hall–Kier alpha value is -2.08. The zero-order chi connectivity index (χ0) is 13.7. The van der Waals surface area contributed by atoms with Crippen LogP contribution in [-0.4, -0.2) is 11.5 Å². The van der Waals surface area contributed by atoms with Crippen molar-refractivity contribution in [1.29, 1.82) is 5.26 Å². The average Bonchev–Trinajstić information content (AvgIpc) is 2.42. The van der Waals surface area contributed by atoms with Crippen LogP contribution >= 0.6 is 0 Å². The fraction of sp³-hybridized carbons (Fsp3) is 0.375. The number of pyridine rings is 1. The van der Waals surface area contributed by atoms with Crippen molar-refractivity contribution in [3.8, 4) is 6.07 Å². The Kier molecular flexibility index (Phi) is 4.35. The third-order valence-electron chi connectivity index (χ3n) is 3.10. The lowest BCUT2D eigenvalue weighted by molar-refractivity contribution is 0.566. The van der Waals surface area contributed by atoms with Gasteiger partial charge in [-0.05, 0) is 30.9 Å². The van der Waals surface area contributed by atoms with E-state index in [1.807, 2.05) is 30.3 Å². The number of rotatable bonds is 5. The number of para-hydroxylation sites is 1. The van der Waals surface area contributed by atoms with Gasteiger partial charge in [0.25, 0.3) is 0 Å². The Morgan fingerprint density at radius 1 is 1.32 bits per heavy atom. The van der Waals surface area contributed by atoms with E-state index in [4.69, 9.17) is 0 Å². The van der Waals surface area contributed by atoms with Gasteiger partial charge >= 0.3 is 0 Å². The molecule has 0 aliphatic rings. The quantitative estimate of drug-likeness (QED) is 0.821. The van der Waals surface area contributed by atoms with Crippen molar-refractivity contribution in [2.75, 3.05) is 11.9 Å². The fourth-order valence-electron chi connectivity index (χ4n) is 2.05. The van der Waals surface area contributed by atoms with Crippen molar-refractivity contribution in [3.63, 3.8) is 0 Å². The van der Waals surface area contributed by atoms with Gasteiger partial charge in [0.2, 0.25) is 0 Å². The Balaban J connectivity index is 2.15. The summed E-state index contributed by atoms with van der Waals surface area (Å²) >= 11 is 0. The first kappa shape index (κ1) is 13.4. The maximum Gasteiger partial charge on any atom is 0.144 e. The Morgan fingerprint density at radius 3 is 2.84 bits per heavy atom. The molecule has 1 aromatic heterocycles. The molecule has 0 amide bonds. The van der Waals surface area contributed by atoms with Crippen LogP contribution in [0.5, 0.6) is 0 Å². The molecular formula is C16H19N3. The molecule has 0 radical (unpaired) electrons. The maximum absolute atomic E-state index is 9.19. The third kappa shape index (κ3) is 3.45. The summed E-state index contributed by atoms with van der Waals surface area (Å²) in [5.74, 6) is 1.41. The first-order chi connectivity index (χ1) is 9.20. The molecule has 0 spiro atoms. The number of nitrogens with zero attached hydrogens (tertiary/aromatic N) is 2. The molecule has 2 aromatic rings. The van der Waals surface area contributed by atoms with Crippen LogP contribution in [0.15, 0.2) is 30.3 Å². The zero-order valence-corrected chi connectivity index (χ0v) is 11.5. The molecule has 1 aromatic carbocycles. The number of fused-ring (bicyclic) bond motifs is 1. The van der Waals surface area contributed by atoms with Crippen molar-refractivity contribution in [1.82, 2.24) is 4.98 Å². The molecule has 0 saturated heterocycles. The van der Waals surface area contributed by atoms with Crippen LogP contribution in [0, 0.1) is 17.2 Å². The summed E-state index contributed by atoms with van der Waals surface area (Å²) in [6, 6.07) is 12.0. The first-order valence-electron chi connectivity index (χ1n) is 6.74. The topological polar surface area (TPSA) is 48.7 Å². The van der Waals surface area contributed by atoms with Gasteiger partial charge in [-0.2, -0.15) is 5.26 Å². The van der Waals surface area contributed by atoms with Gasteiger partial charge in [-0.15, -0.1) is 0 Å². The van der Waals surface area contributed by atoms with Crippen LogP contribution in [0.4, 0.5) is 5.82 Å². The lowest BCUT2D eigenvalue weighted by Crippen LogP contribution is -2.06. The van der Waals surface area contributed by atoms with Gasteiger partial charge in [0, 0.05) is 11.9 Å². The molecule has 0 bridgehead atoms. The Bertz CT molecular complexity index is 596. The van der Waals surface area contributed by atoms with Gasteiger partial charge in [-0.25, -0.2) is 4.98 Å². The number of nitrogens with one attached hydrogen (secondary N) is 1. The number of benzene rings is 1. The van der Waals surface area contributed by atoms with E-state index >= 15 is 0 Å². The van der Waals surface area contributed by atoms with E-state index in [1.54, 1.807) is 0 Å². The van der Waals surface area contributed by atoms with Gasteiger partial charge in [0.1, 0.15) is 11.9 Å². The van der Waals surface area contributed by atoms with Crippen LogP contribution in [0.2, 0.25) is 0 Å². The highest BCUT2D eigenvalue weighted by Gasteiger charge is 2.05. The fourth-order valence-corrected chi connectivity index (χ4v) is 2.05. The number of hydrogen-bond acceptors (Lipinski definition) is 3. The molecule has 0 fully saturated rings. The van der Waals surface area contributed by atoms with E-state index in [1.165, 1.54) is 6.42 Å². The molecule has 3 heteroatoms. The number of hydrogen-bond donors (Lipinski definition) is 1. The van der Waals surface area contributed by atoms with Gasteiger partial charge in [0.15, 0.2) is 0 Å². The third-order valence-corrected chi connectivity index (χ3v) is 3.10. The molecule has 0 atom stereocenters. The molecule has 19 heavy (non-hydrogen) atoms. The van der Waals surface area contributed by atoms with E-state index in [0.717, 1.165) is 23.9 Å². The van der Waals surface area contributed by atoms with Crippen molar-refractivity contribution in [2.24, 2.45) is 5.92 Å². The normalized spacial score (nSPS) is 10.6. The smallest absolute Gasteiger partial charge is 0.144 e. The first-order valence-corrected chi connectivity index (χ1v) is 6.74. The maximum atomic E-state index is 9.19. The standard InChI is InChI=1S/C16H19N3/c1-12(2)6-5-9-18-16-14(11-17)10-13-7-3-4-8-15(13)19-16/h3-4,7-8,10,12H,5-6,9H2,1-2H3,(H,18,19). The van der Waals surface area contributed by atoms with Crippen molar-refractivity contribution in [3.05, 3.63) is 35.9 Å². The van der Waals surface area contributed by atoms with Gasteiger partial charge in [-0.3, -0.25) is 0 Å². The second kappa shape index (κ2) is 6.19. The van der Waals surface area contributed by atoms with Crippen molar-refractivity contribution < 1.29 is 0 Å². The number of aromatic nitrogens is 1. The molecule has 0 aliphatic heterocycles. The average molecular weight is 253 g/mol. The molecule has 0 saturated carbocycles. The molecule has 1 heterocycles. The minimum absolute atomic E-state index is 0.614. The lowest BCUT2D eigenvalue weighted by Gasteiger charge is -2.09. The highest BCUT2D eigenvalue weighted by atomic mass is 15.0. The van der Waals surface area contributed by atoms with Crippen LogP contribution in [0.1, 0.15) is 32.3 Å². The Labute approximate surface area is 114 Å². The van der Waals surface area contributed by atoms with Crippen LogP contribution in [-0.2, 0) is 0 Å². The van der Waals surface area contributed by atoms with Crippen LogP contribution in [0.3, 0.4) is 0 Å². The molecule has 0 unspecified atom stereocenters. The Morgan fingerprint density at radius 2 is 2.11 bits per heavy atom. The summed E-state index contributed by atoms with van der Waals surface area (Å²) in [4.78, 5) is 4.53. The zero-order valence-electron chi connectivity index (χ0n) is 11.5. The van der Waals surface area contributed by atoms with Crippen LogP contribution < -0.4 is 5.32 Å². The second-order valence-corrected chi connectivity index (χ2v) is 5.15. The monoisotopic (exact) mass is 253 g/mol. The summed E-state index contributed by atoms with van der Waals surface area (Å²) in [5, 5.41) is 13.5. The number of nitriles is 1. The molecule has 1 N–H and O–H groups in total. The summed E-state index contributed by atoms with van der Waals surface area (Å²) in [5.41, 5.74) is 1.54. The van der Waals surface area contributed by atoms with E-state index in [9.17, 15) is 5.26 Å². The largest absolute Gasteiger partial charge is 0.369 e. The summed E-state index contributed by atoms with van der Waals surface area (Å²) in [6.45, 7) is 5.29. The minimum atomic E-state index is 0.614. The highest BCUT2D eigenvalue weighted by Crippen LogP contribution is 2.19. The minimum Gasteiger partial charge on any atom is -0.369 e. The van der Waals surface area contributed by atoms with Crippen LogP contribution in [0.25, 0.3) is 10.9 Å². The number of anilines is 1. The molecular weight excluding hydrogens is 234 g/mol. The second-order valence-electron chi connectivity index (χ2n) is 5.15. The van der Waals surface area contributed by atoms with E-state index in [0.29, 0.717) is 17.3 Å². The van der Waals surface area contributed by atoms with Gasteiger partial charge in [-0.1, -0.05) is 32.0 Å². The predicted octanol–water partition coefficient (Wildman–Crippen LogP) is 3.95. The molecule has 0 aliphatic carbocycles. The summed E-state index contributed by atoms with van der Waals surface area (Å²) in [7, 11) is 0. The molecule has 98 valence electrons.